The van der Waals surface area contributed by atoms with Gasteiger partial charge in [0.25, 0.3) is 5.91 Å². The highest BCUT2D eigenvalue weighted by Crippen LogP contribution is 2.28. The van der Waals surface area contributed by atoms with Crippen molar-refractivity contribution in [3.63, 3.8) is 0 Å². The van der Waals surface area contributed by atoms with E-state index in [1.165, 1.54) is 11.3 Å². The average molecular weight is 537 g/mol. The molecule has 1 unspecified atom stereocenters. The van der Waals surface area contributed by atoms with E-state index in [0.29, 0.717) is 16.5 Å². The number of aromatic nitrogens is 4. The number of aryl methyl sites for hydroxylation is 1. The summed E-state index contributed by atoms with van der Waals surface area (Å²) in [7, 11) is 0. The number of nitrogens with zero attached hydrogens (tertiary/aromatic N) is 4. The summed E-state index contributed by atoms with van der Waals surface area (Å²) in [5, 5.41) is 7.58. The number of carbonyl (C=O) groups is 2. The number of nitrogens with one attached hydrogen (secondary N) is 2. The largest absolute Gasteiger partial charge is 0.592 e. The van der Waals surface area contributed by atoms with Gasteiger partial charge in [0.2, 0.25) is 5.91 Å². The molecule has 11 heteroatoms. The van der Waals surface area contributed by atoms with Crippen LogP contribution in [0.5, 0.6) is 0 Å². The number of anilines is 1. The standard InChI is InChI=1S/C26H28N6O3S2/c1-15(2)37(35)32-13-21(16(3)17(32)4)25(34)28-12-24(33)31-26-30-23(14-36-26)20-8-6-7-19(11-20)22-9-10-27-18(5)29-22/h6-11,13-15H,12H2,1-5H3,(H,28,34)(H,30,31,33). The Balaban J connectivity index is 1.38. The van der Waals surface area contributed by atoms with Gasteiger partial charge in [0, 0.05) is 22.7 Å². The number of carbonyl (C=O) groups excluding carboxylic acids is 2. The Morgan fingerprint density at radius 2 is 1.84 bits per heavy atom. The molecule has 1 atom stereocenters. The van der Waals surface area contributed by atoms with Gasteiger partial charge in [-0.1, -0.05) is 18.2 Å². The predicted molar refractivity (Wildman–Crippen MR) is 147 cm³/mol. The van der Waals surface area contributed by atoms with E-state index in [4.69, 9.17) is 0 Å². The molecular weight excluding hydrogens is 508 g/mol. The van der Waals surface area contributed by atoms with Crippen molar-refractivity contribution in [2.24, 2.45) is 0 Å². The number of hydrogen-bond acceptors (Lipinski definition) is 7. The fourth-order valence-corrected chi connectivity index (χ4v) is 5.46. The van der Waals surface area contributed by atoms with E-state index in [1.807, 2.05) is 63.4 Å². The molecule has 4 rings (SSSR count). The minimum Gasteiger partial charge on any atom is -0.592 e. The second-order valence-corrected chi connectivity index (χ2v) is 11.5. The summed E-state index contributed by atoms with van der Waals surface area (Å²) in [5.74, 6) is -0.0899. The van der Waals surface area contributed by atoms with Crippen LogP contribution >= 0.6 is 11.3 Å². The van der Waals surface area contributed by atoms with Crippen LogP contribution in [0.15, 0.2) is 48.1 Å². The first-order valence-electron chi connectivity index (χ1n) is 11.7. The Bertz CT molecular complexity index is 1450. The summed E-state index contributed by atoms with van der Waals surface area (Å²) in [4.78, 5) is 38.3. The first-order valence-corrected chi connectivity index (χ1v) is 13.7. The van der Waals surface area contributed by atoms with Crippen LogP contribution in [0.25, 0.3) is 22.5 Å². The van der Waals surface area contributed by atoms with Gasteiger partial charge in [0.1, 0.15) is 11.1 Å². The van der Waals surface area contributed by atoms with Gasteiger partial charge in [-0.3, -0.25) is 9.59 Å². The molecule has 3 heterocycles. The zero-order valence-corrected chi connectivity index (χ0v) is 22.9. The first kappa shape index (κ1) is 26.5. The third-order valence-electron chi connectivity index (χ3n) is 5.76. The molecule has 0 bridgehead atoms. The molecule has 0 radical (unpaired) electrons. The van der Waals surface area contributed by atoms with Crippen LogP contribution in [0.1, 0.15) is 41.3 Å². The number of hydrogen-bond donors (Lipinski definition) is 2. The molecule has 1 aromatic carbocycles. The van der Waals surface area contributed by atoms with Gasteiger partial charge < -0.3 is 15.2 Å². The van der Waals surface area contributed by atoms with E-state index in [1.54, 1.807) is 23.3 Å². The van der Waals surface area contributed by atoms with Crippen LogP contribution in [-0.2, 0) is 16.2 Å². The number of rotatable bonds is 8. The molecule has 0 aliphatic rings. The maximum absolute atomic E-state index is 12.7. The van der Waals surface area contributed by atoms with Gasteiger partial charge in [0.15, 0.2) is 5.13 Å². The highest BCUT2D eigenvalue weighted by molar-refractivity contribution is 7.90. The van der Waals surface area contributed by atoms with Crippen molar-refractivity contribution >= 4 is 39.6 Å². The average Bonchev–Trinajstić information content (AvgIpc) is 3.46. The maximum atomic E-state index is 12.7. The van der Waals surface area contributed by atoms with Crippen molar-refractivity contribution in [3.8, 4) is 22.5 Å². The van der Waals surface area contributed by atoms with E-state index in [9.17, 15) is 14.1 Å². The lowest BCUT2D eigenvalue weighted by molar-refractivity contribution is -0.115. The van der Waals surface area contributed by atoms with Gasteiger partial charge in [0.05, 0.1) is 46.7 Å². The molecular formula is C26H28N6O3S2. The molecule has 9 nitrogen and oxygen atoms in total. The summed E-state index contributed by atoms with van der Waals surface area (Å²) in [6.07, 6.45) is 3.31. The molecule has 0 fully saturated rings. The molecule has 0 aliphatic carbocycles. The van der Waals surface area contributed by atoms with Crippen molar-refractivity contribution in [2.75, 3.05) is 11.9 Å². The van der Waals surface area contributed by atoms with Crippen molar-refractivity contribution in [1.29, 1.82) is 0 Å². The highest BCUT2D eigenvalue weighted by Gasteiger charge is 2.24. The predicted octanol–water partition coefficient (Wildman–Crippen LogP) is 4.28. The van der Waals surface area contributed by atoms with Gasteiger partial charge in [-0.25, -0.2) is 15.0 Å². The van der Waals surface area contributed by atoms with Crippen molar-refractivity contribution < 1.29 is 14.1 Å². The molecule has 0 spiro atoms. The summed E-state index contributed by atoms with van der Waals surface area (Å²) in [6, 6.07) is 9.70. The summed E-state index contributed by atoms with van der Waals surface area (Å²) < 4.78 is 14.1. The summed E-state index contributed by atoms with van der Waals surface area (Å²) >= 11 is 0.0275. The molecule has 0 saturated carbocycles. The maximum Gasteiger partial charge on any atom is 0.253 e. The molecule has 0 saturated heterocycles. The Morgan fingerprint density at radius 1 is 1.11 bits per heavy atom. The first-order chi connectivity index (χ1) is 17.6. The summed E-state index contributed by atoms with van der Waals surface area (Å²) in [5.41, 5.74) is 5.28. The quantitative estimate of drug-likeness (QED) is 0.324. The lowest BCUT2D eigenvalue weighted by Crippen LogP contribution is -2.33. The fraction of sp³-hybridized carbons (Fsp3) is 0.269. The highest BCUT2D eigenvalue weighted by atomic mass is 32.2. The molecule has 4 aromatic rings. The lowest BCUT2D eigenvalue weighted by Gasteiger charge is -2.15. The summed E-state index contributed by atoms with van der Waals surface area (Å²) in [6.45, 7) is 8.97. The molecule has 3 aromatic heterocycles. The van der Waals surface area contributed by atoms with Crippen LogP contribution in [0.4, 0.5) is 5.13 Å². The Hall–Kier alpha value is -3.54. The fourth-order valence-electron chi connectivity index (χ4n) is 3.65. The molecule has 37 heavy (non-hydrogen) atoms. The van der Waals surface area contributed by atoms with E-state index in [0.717, 1.165) is 33.8 Å². The van der Waals surface area contributed by atoms with Crippen molar-refractivity contribution in [2.45, 2.75) is 39.9 Å². The number of thiazole rings is 1. The van der Waals surface area contributed by atoms with Crippen LogP contribution in [-0.4, -0.2) is 47.1 Å². The number of benzene rings is 1. The lowest BCUT2D eigenvalue weighted by atomic mass is 10.1. The Kier molecular flexibility index (Phi) is 8.06. The number of amides is 2. The minimum atomic E-state index is -1.27. The van der Waals surface area contributed by atoms with Gasteiger partial charge >= 0.3 is 0 Å². The Labute approximate surface area is 222 Å². The molecule has 192 valence electrons. The second kappa shape index (κ2) is 11.2. The zero-order chi connectivity index (χ0) is 26.7. The van der Waals surface area contributed by atoms with Gasteiger partial charge in [-0.05, 0) is 52.3 Å². The third kappa shape index (κ3) is 6.07. The molecule has 0 aliphatic heterocycles. The zero-order valence-electron chi connectivity index (χ0n) is 21.2. The Morgan fingerprint density at radius 3 is 2.54 bits per heavy atom. The molecule has 2 N–H and O–H groups in total. The van der Waals surface area contributed by atoms with E-state index >= 15 is 0 Å². The van der Waals surface area contributed by atoms with Gasteiger partial charge in [-0.2, -0.15) is 3.97 Å². The van der Waals surface area contributed by atoms with Crippen LogP contribution in [0.2, 0.25) is 0 Å². The normalized spacial score (nSPS) is 12.0. The van der Waals surface area contributed by atoms with E-state index < -0.39 is 17.3 Å². The SMILES string of the molecule is Cc1nccc(-c2cccc(-c3csc(NC(=O)CNC(=O)c4cn([S+]([O-])C(C)C)c(C)c4C)n3)c2)n1. The van der Waals surface area contributed by atoms with Crippen molar-refractivity contribution in [3.05, 3.63) is 70.8 Å². The van der Waals surface area contributed by atoms with Crippen LogP contribution < -0.4 is 10.6 Å². The second-order valence-electron chi connectivity index (χ2n) is 8.74. The van der Waals surface area contributed by atoms with E-state index in [2.05, 4.69) is 25.6 Å². The van der Waals surface area contributed by atoms with Crippen LogP contribution in [0, 0.1) is 20.8 Å². The topological polar surface area (TPSA) is 125 Å². The minimum absolute atomic E-state index is 0.0886. The van der Waals surface area contributed by atoms with Crippen molar-refractivity contribution in [1.82, 2.24) is 24.2 Å². The molecule has 2 amide bonds. The van der Waals surface area contributed by atoms with Crippen LogP contribution in [0.3, 0.4) is 0 Å². The smallest absolute Gasteiger partial charge is 0.253 e. The monoisotopic (exact) mass is 536 g/mol. The van der Waals surface area contributed by atoms with E-state index in [-0.39, 0.29) is 17.7 Å². The third-order valence-corrected chi connectivity index (χ3v) is 8.09. The van der Waals surface area contributed by atoms with Gasteiger partial charge in [-0.15, -0.1) is 11.3 Å².